The van der Waals surface area contributed by atoms with Gasteiger partial charge in [0, 0.05) is 14.6 Å². The van der Waals surface area contributed by atoms with Gasteiger partial charge in [-0.25, -0.2) is 4.98 Å². The van der Waals surface area contributed by atoms with E-state index in [9.17, 15) is 9.90 Å². The monoisotopic (exact) mass is 406 g/mol. The van der Waals surface area contributed by atoms with Crippen LogP contribution < -0.4 is 14.8 Å². The first-order valence-electron chi connectivity index (χ1n) is 9.98. The van der Waals surface area contributed by atoms with Gasteiger partial charge >= 0.3 is 0 Å². The van der Waals surface area contributed by atoms with Gasteiger partial charge in [0.05, 0.1) is 12.0 Å². The maximum atomic E-state index is 13.1. The number of hydrogen-bond acceptors (Lipinski definition) is 5. The van der Waals surface area contributed by atoms with Crippen molar-refractivity contribution in [2.24, 2.45) is 0 Å². The number of carbonyl (C=O) groups is 1. The van der Waals surface area contributed by atoms with Crippen molar-refractivity contribution in [2.45, 2.75) is 31.8 Å². The molecule has 0 saturated heterocycles. The smallest absolute Gasteiger partial charge is 0.236 e. The molecule has 0 bridgehead atoms. The second kappa shape index (κ2) is 7.15. The molecule has 0 atom stereocenters. The molecule has 0 radical (unpaired) electrons. The van der Waals surface area contributed by atoms with Gasteiger partial charge in [-0.3, -0.25) is 4.79 Å². The normalized spacial score (nSPS) is 15.7. The van der Waals surface area contributed by atoms with E-state index in [1.54, 1.807) is 6.20 Å². The van der Waals surface area contributed by atoms with Crippen LogP contribution in [0.25, 0.3) is 11.1 Å². The minimum Gasteiger partial charge on any atom is -0.454 e. The zero-order valence-electron chi connectivity index (χ0n) is 16.6. The maximum Gasteiger partial charge on any atom is 0.236 e. The molecule has 1 amide bonds. The van der Waals surface area contributed by atoms with E-state index in [1.165, 1.54) is 0 Å². The van der Waals surface area contributed by atoms with Crippen molar-refractivity contribution in [1.29, 1.82) is 0 Å². The largest absolute Gasteiger partial charge is 0.454 e. The minimum absolute atomic E-state index is 0. The van der Waals surface area contributed by atoms with Gasteiger partial charge in [0.15, 0.2) is 11.5 Å². The van der Waals surface area contributed by atoms with Crippen molar-refractivity contribution in [2.75, 3.05) is 12.1 Å². The van der Waals surface area contributed by atoms with Gasteiger partial charge in [-0.05, 0) is 60.2 Å². The molecular formula is C24H26N2O4. The average molecular weight is 406 g/mol. The van der Waals surface area contributed by atoms with Crippen LogP contribution in [0.2, 0.25) is 0 Å². The molecule has 1 aromatic heterocycles. The predicted octanol–water partition coefficient (Wildman–Crippen LogP) is 4.44. The third-order valence-corrected chi connectivity index (χ3v) is 5.94. The molecule has 0 spiro atoms. The number of carbonyl (C=O) groups excluding carboxylic acids is 1. The zero-order valence-corrected chi connectivity index (χ0v) is 16.6. The van der Waals surface area contributed by atoms with Crippen LogP contribution in [0.1, 0.15) is 32.4 Å². The molecule has 6 nitrogen and oxygen atoms in total. The van der Waals surface area contributed by atoms with Crippen LogP contribution in [-0.4, -0.2) is 22.8 Å². The Balaban J connectivity index is 0.00000144. The molecular weight excluding hydrogens is 380 g/mol. The van der Waals surface area contributed by atoms with Gasteiger partial charge in [0.25, 0.3) is 0 Å². The quantitative estimate of drug-likeness (QED) is 0.655. The highest BCUT2D eigenvalue weighted by Crippen LogP contribution is 2.51. The number of nitrogens with zero attached hydrogens (tertiary/aromatic N) is 1. The lowest BCUT2D eigenvalue weighted by Crippen LogP contribution is -2.28. The highest BCUT2D eigenvalue weighted by Gasteiger charge is 2.51. The van der Waals surface area contributed by atoms with Crippen molar-refractivity contribution in [3.63, 3.8) is 0 Å². The number of ether oxygens (including phenoxy) is 2. The lowest BCUT2D eigenvalue weighted by molar-refractivity contribution is -0.118. The molecule has 156 valence electrons. The van der Waals surface area contributed by atoms with Crippen LogP contribution in [0, 0.1) is 6.92 Å². The van der Waals surface area contributed by atoms with E-state index in [0.717, 1.165) is 40.7 Å². The molecule has 1 fully saturated rings. The molecule has 2 N–H and O–H groups in total. The Labute approximate surface area is 177 Å². The van der Waals surface area contributed by atoms with Gasteiger partial charge in [-0.15, -0.1) is 0 Å². The van der Waals surface area contributed by atoms with E-state index in [1.807, 2.05) is 55.5 Å². The van der Waals surface area contributed by atoms with Crippen molar-refractivity contribution in [3.8, 4) is 22.6 Å². The highest BCUT2D eigenvalue weighted by molar-refractivity contribution is 6.01. The Morgan fingerprint density at radius 1 is 1.13 bits per heavy atom. The van der Waals surface area contributed by atoms with Gasteiger partial charge in [0.1, 0.15) is 5.82 Å². The van der Waals surface area contributed by atoms with E-state index in [-0.39, 0.29) is 22.2 Å². The summed E-state index contributed by atoms with van der Waals surface area (Å²) in [4.78, 5) is 17.6. The molecule has 2 heterocycles. The van der Waals surface area contributed by atoms with Gasteiger partial charge in [-0.1, -0.05) is 30.3 Å². The number of fused-ring (bicyclic) bond motifs is 1. The summed E-state index contributed by atoms with van der Waals surface area (Å²) in [6.45, 7) is 2.16. The SMILES string of the molecule is Cc1cc(NC(=O)C2(c3ccc4c(c3)OCO4)CC2)ncc1-c1ccccc1CO.[HH].[HH]. The lowest BCUT2D eigenvalue weighted by atomic mass is 9.94. The first kappa shape index (κ1) is 18.6. The van der Waals surface area contributed by atoms with E-state index in [0.29, 0.717) is 17.3 Å². The molecule has 1 saturated carbocycles. The molecule has 3 aromatic rings. The number of aliphatic hydroxyl groups is 1. The van der Waals surface area contributed by atoms with Crippen molar-refractivity contribution in [1.82, 2.24) is 4.98 Å². The fourth-order valence-corrected chi connectivity index (χ4v) is 4.03. The number of amides is 1. The van der Waals surface area contributed by atoms with Crippen LogP contribution >= 0.6 is 0 Å². The molecule has 2 aromatic carbocycles. The Morgan fingerprint density at radius 2 is 1.93 bits per heavy atom. The summed E-state index contributed by atoms with van der Waals surface area (Å²) >= 11 is 0. The second-order valence-corrected chi connectivity index (χ2v) is 7.80. The van der Waals surface area contributed by atoms with E-state index in [4.69, 9.17) is 9.47 Å². The van der Waals surface area contributed by atoms with Crippen LogP contribution in [0.3, 0.4) is 0 Å². The molecule has 1 aliphatic heterocycles. The fraction of sp³-hybridized carbons (Fsp3) is 0.250. The van der Waals surface area contributed by atoms with E-state index in [2.05, 4.69) is 10.3 Å². The molecule has 0 unspecified atom stereocenters. The van der Waals surface area contributed by atoms with E-state index >= 15 is 0 Å². The maximum absolute atomic E-state index is 13.1. The summed E-state index contributed by atoms with van der Waals surface area (Å²) in [6, 6.07) is 15.3. The predicted molar refractivity (Wildman–Crippen MR) is 117 cm³/mol. The third-order valence-electron chi connectivity index (χ3n) is 5.94. The summed E-state index contributed by atoms with van der Waals surface area (Å²) in [5.41, 5.74) is 4.11. The first-order valence-corrected chi connectivity index (χ1v) is 9.98. The number of rotatable bonds is 5. The molecule has 2 aliphatic rings. The fourth-order valence-electron chi connectivity index (χ4n) is 4.03. The van der Waals surface area contributed by atoms with Crippen molar-refractivity contribution in [3.05, 3.63) is 71.4 Å². The first-order chi connectivity index (χ1) is 14.6. The van der Waals surface area contributed by atoms with Crippen molar-refractivity contribution < 1.29 is 22.2 Å². The summed E-state index contributed by atoms with van der Waals surface area (Å²) in [6.07, 6.45) is 3.33. The molecule has 30 heavy (non-hydrogen) atoms. The molecule has 1 aliphatic carbocycles. The number of hydrogen-bond donors (Lipinski definition) is 2. The number of pyridine rings is 1. The average Bonchev–Trinajstić information content (AvgIpc) is 3.45. The van der Waals surface area contributed by atoms with Crippen LogP contribution in [0.15, 0.2) is 54.7 Å². The number of aromatic nitrogens is 1. The van der Waals surface area contributed by atoms with Crippen LogP contribution in [0.4, 0.5) is 5.82 Å². The molecule has 6 heteroatoms. The minimum atomic E-state index is -0.543. The Hall–Kier alpha value is -3.38. The summed E-state index contributed by atoms with van der Waals surface area (Å²) in [7, 11) is 0. The van der Waals surface area contributed by atoms with Crippen LogP contribution in [-0.2, 0) is 16.8 Å². The standard InChI is InChI=1S/C24H22N2O4.2H2/c1-15-10-22(25-12-19(15)18-5-3-2-4-16(18)13-27)26-23(28)24(8-9-24)17-6-7-20-21(11-17)30-14-29-20;;/h2-7,10-12,27H,8-9,13-14H2,1H3,(H,25,26,28);2*1H. The van der Waals surface area contributed by atoms with E-state index < -0.39 is 5.41 Å². The van der Waals surface area contributed by atoms with Gasteiger partial charge < -0.3 is 19.9 Å². The third kappa shape index (κ3) is 3.09. The number of benzene rings is 2. The number of anilines is 1. The Morgan fingerprint density at radius 3 is 2.70 bits per heavy atom. The molecule has 5 rings (SSSR count). The number of aryl methyl sites for hydroxylation is 1. The highest BCUT2D eigenvalue weighted by atomic mass is 16.7. The summed E-state index contributed by atoms with van der Waals surface area (Å²) in [5.74, 6) is 1.87. The number of nitrogens with one attached hydrogen (secondary N) is 1. The lowest BCUT2D eigenvalue weighted by Gasteiger charge is -2.17. The Kier molecular flexibility index (Phi) is 4.44. The van der Waals surface area contributed by atoms with Gasteiger partial charge in [0.2, 0.25) is 12.7 Å². The number of aliphatic hydroxyl groups excluding tert-OH is 1. The van der Waals surface area contributed by atoms with Crippen LogP contribution in [0.5, 0.6) is 11.5 Å². The topological polar surface area (TPSA) is 80.7 Å². The summed E-state index contributed by atoms with van der Waals surface area (Å²) in [5, 5.41) is 12.6. The van der Waals surface area contributed by atoms with Gasteiger partial charge in [-0.2, -0.15) is 0 Å². The zero-order chi connectivity index (χ0) is 20.7. The Bertz CT molecular complexity index is 1150. The second-order valence-electron chi connectivity index (χ2n) is 7.80. The summed E-state index contributed by atoms with van der Waals surface area (Å²) < 4.78 is 10.8. The van der Waals surface area contributed by atoms with Crippen molar-refractivity contribution >= 4 is 11.7 Å².